The summed E-state index contributed by atoms with van der Waals surface area (Å²) in [6.45, 7) is 3.71. The first-order valence-corrected chi connectivity index (χ1v) is 7.57. The molecule has 0 saturated carbocycles. The SMILES string of the molecule is Cc1ccccc1[C@@H](CC(=O)N(C)[C@@H]1CCNC1)NC(N)=O. The number of nitrogens with one attached hydrogen (secondary N) is 2. The molecule has 22 heavy (non-hydrogen) atoms. The van der Waals surface area contributed by atoms with E-state index >= 15 is 0 Å². The highest BCUT2D eigenvalue weighted by Crippen LogP contribution is 2.22. The number of nitrogens with two attached hydrogens (primary N) is 1. The van der Waals surface area contributed by atoms with Gasteiger partial charge in [-0.3, -0.25) is 4.79 Å². The van der Waals surface area contributed by atoms with Crippen molar-refractivity contribution in [2.45, 2.75) is 31.8 Å². The van der Waals surface area contributed by atoms with Crippen molar-refractivity contribution in [3.8, 4) is 0 Å². The Bertz CT molecular complexity index is 541. The zero-order chi connectivity index (χ0) is 16.1. The van der Waals surface area contributed by atoms with E-state index in [1.165, 1.54) is 0 Å². The van der Waals surface area contributed by atoms with Gasteiger partial charge in [-0.15, -0.1) is 0 Å². The summed E-state index contributed by atoms with van der Waals surface area (Å²) in [5.74, 6) is 0.00991. The molecule has 2 atom stereocenters. The molecule has 1 aliphatic heterocycles. The lowest BCUT2D eigenvalue weighted by molar-refractivity contribution is -0.132. The Balaban J connectivity index is 2.11. The van der Waals surface area contributed by atoms with Crippen molar-refractivity contribution in [3.63, 3.8) is 0 Å². The lowest BCUT2D eigenvalue weighted by atomic mass is 9.98. The van der Waals surface area contributed by atoms with E-state index in [-0.39, 0.29) is 18.4 Å². The minimum absolute atomic E-state index is 0.00991. The molecule has 0 aromatic heterocycles. The second-order valence-electron chi connectivity index (χ2n) is 5.77. The van der Waals surface area contributed by atoms with Gasteiger partial charge in [0.2, 0.25) is 5.91 Å². The molecule has 1 aromatic rings. The second kappa shape index (κ2) is 7.26. The van der Waals surface area contributed by atoms with Crippen LogP contribution in [0.3, 0.4) is 0 Å². The molecular weight excluding hydrogens is 280 g/mol. The third-order valence-corrected chi connectivity index (χ3v) is 4.23. The Hall–Kier alpha value is -2.08. The van der Waals surface area contributed by atoms with Crippen molar-refractivity contribution < 1.29 is 9.59 Å². The number of nitrogens with zero attached hydrogens (tertiary/aromatic N) is 1. The fraction of sp³-hybridized carbons (Fsp3) is 0.500. The predicted octanol–water partition coefficient (Wildman–Crippen LogP) is 0.915. The summed E-state index contributed by atoms with van der Waals surface area (Å²) in [5.41, 5.74) is 7.22. The Morgan fingerprint density at radius 1 is 1.45 bits per heavy atom. The molecular formula is C16H24N4O2. The van der Waals surface area contributed by atoms with Crippen molar-refractivity contribution >= 4 is 11.9 Å². The number of carbonyl (C=O) groups excluding carboxylic acids is 2. The summed E-state index contributed by atoms with van der Waals surface area (Å²) in [7, 11) is 1.82. The van der Waals surface area contributed by atoms with E-state index in [4.69, 9.17) is 5.73 Å². The third-order valence-electron chi connectivity index (χ3n) is 4.23. The average Bonchev–Trinajstić information content (AvgIpc) is 3.00. The van der Waals surface area contributed by atoms with Crippen LogP contribution in [-0.4, -0.2) is 43.0 Å². The van der Waals surface area contributed by atoms with E-state index in [9.17, 15) is 9.59 Å². The lowest BCUT2D eigenvalue weighted by Crippen LogP contribution is -2.41. The fourth-order valence-corrected chi connectivity index (χ4v) is 2.88. The molecule has 1 saturated heterocycles. The van der Waals surface area contributed by atoms with Crippen LogP contribution in [0.1, 0.15) is 30.0 Å². The number of rotatable bonds is 5. The lowest BCUT2D eigenvalue weighted by Gasteiger charge is -2.27. The molecule has 1 aliphatic rings. The molecule has 120 valence electrons. The van der Waals surface area contributed by atoms with Gasteiger partial charge in [-0.2, -0.15) is 0 Å². The summed E-state index contributed by atoms with van der Waals surface area (Å²) < 4.78 is 0. The normalized spacial score (nSPS) is 18.7. The van der Waals surface area contributed by atoms with Crippen LogP contribution in [0.4, 0.5) is 4.79 Å². The summed E-state index contributed by atoms with van der Waals surface area (Å²) in [6.07, 6.45) is 1.17. The molecule has 0 radical (unpaired) electrons. The molecule has 0 aliphatic carbocycles. The van der Waals surface area contributed by atoms with Crippen LogP contribution in [0.5, 0.6) is 0 Å². The minimum Gasteiger partial charge on any atom is -0.352 e. The molecule has 6 nitrogen and oxygen atoms in total. The number of benzene rings is 1. The maximum absolute atomic E-state index is 12.5. The predicted molar refractivity (Wildman–Crippen MR) is 85.3 cm³/mol. The van der Waals surface area contributed by atoms with Crippen LogP contribution in [0.15, 0.2) is 24.3 Å². The van der Waals surface area contributed by atoms with Gasteiger partial charge in [0, 0.05) is 19.6 Å². The number of aryl methyl sites for hydroxylation is 1. The smallest absolute Gasteiger partial charge is 0.312 e. The number of likely N-dealkylation sites (N-methyl/N-ethyl adjacent to an activating group) is 1. The first kappa shape index (κ1) is 16.3. The number of carbonyl (C=O) groups is 2. The molecule has 2 rings (SSSR count). The summed E-state index contributed by atoms with van der Waals surface area (Å²) in [5, 5.41) is 5.94. The quantitative estimate of drug-likeness (QED) is 0.756. The van der Waals surface area contributed by atoms with Crippen molar-refractivity contribution in [2.75, 3.05) is 20.1 Å². The van der Waals surface area contributed by atoms with Crippen LogP contribution >= 0.6 is 0 Å². The van der Waals surface area contributed by atoms with Gasteiger partial charge in [0.1, 0.15) is 0 Å². The van der Waals surface area contributed by atoms with Crippen molar-refractivity contribution in [1.82, 2.24) is 15.5 Å². The second-order valence-corrected chi connectivity index (χ2v) is 5.77. The minimum atomic E-state index is -0.619. The number of hydrogen-bond acceptors (Lipinski definition) is 3. The average molecular weight is 304 g/mol. The van der Waals surface area contributed by atoms with E-state index in [2.05, 4.69) is 10.6 Å². The van der Waals surface area contributed by atoms with Gasteiger partial charge in [0.05, 0.1) is 12.5 Å². The van der Waals surface area contributed by atoms with E-state index in [0.29, 0.717) is 0 Å². The van der Waals surface area contributed by atoms with E-state index < -0.39 is 12.1 Å². The van der Waals surface area contributed by atoms with E-state index in [1.54, 1.807) is 4.90 Å². The highest BCUT2D eigenvalue weighted by Gasteiger charge is 2.26. The topological polar surface area (TPSA) is 87.5 Å². The number of urea groups is 1. The number of primary amides is 1. The largest absolute Gasteiger partial charge is 0.352 e. The summed E-state index contributed by atoms with van der Waals surface area (Å²) >= 11 is 0. The van der Waals surface area contributed by atoms with Crippen LogP contribution in [0, 0.1) is 6.92 Å². The van der Waals surface area contributed by atoms with Crippen LogP contribution < -0.4 is 16.4 Å². The van der Waals surface area contributed by atoms with Gasteiger partial charge in [-0.1, -0.05) is 24.3 Å². The van der Waals surface area contributed by atoms with Gasteiger partial charge in [-0.05, 0) is 31.0 Å². The standard InChI is InChI=1S/C16H24N4O2/c1-11-5-3-4-6-13(11)14(19-16(17)22)9-15(21)20(2)12-7-8-18-10-12/h3-6,12,14,18H,7-10H2,1-2H3,(H3,17,19,22)/t12-,14-/m1/s1. The molecule has 0 bridgehead atoms. The Morgan fingerprint density at radius 2 is 2.18 bits per heavy atom. The van der Waals surface area contributed by atoms with E-state index in [1.807, 2.05) is 38.2 Å². The summed E-state index contributed by atoms with van der Waals surface area (Å²) in [6, 6.07) is 6.90. The zero-order valence-electron chi connectivity index (χ0n) is 13.1. The monoisotopic (exact) mass is 304 g/mol. The van der Waals surface area contributed by atoms with Gasteiger partial charge < -0.3 is 21.3 Å². The Kier molecular flexibility index (Phi) is 5.38. The van der Waals surface area contributed by atoms with Gasteiger partial charge in [0.25, 0.3) is 0 Å². The fourth-order valence-electron chi connectivity index (χ4n) is 2.88. The van der Waals surface area contributed by atoms with Crippen LogP contribution in [0.2, 0.25) is 0 Å². The van der Waals surface area contributed by atoms with Gasteiger partial charge in [0.15, 0.2) is 0 Å². The van der Waals surface area contributed by atoms with Gasteiger partial charge >= 0.3 is 6.03 Å². The Morgan fingerprint density at radius 3 is 2.77 bits per heavy atom. The van der Waals surface area contributed by atoms with Crippen molar-refractivity contribution in [3.05, 3.63) is 35.4 Å². The Labute approximate surface area is 131 Å². The highest BCUT2D eigenvalue weighted by atomic mass is 16.2. The molecule has 0 unspecified atom stereocenters. The maximum atomic E-state index is 12.5. The number of hydrogen-bond donors (Lipinski definition) is 3. The molecule has 4 N–H and O–H groups in total. The molecule has 6 heteroatoms. The first-order valence-electron chi connectivity index (χ1n) is 7.57. The van der Waals surface area contributed by atoms with Crippen molar-refractivity contribution in [2.24, 2.45) is 5.73 Å². The number of amides is 3. The van der Waals surface area contributed by atoms with Crippen molar-refractivity contribution in [1.29, 1.82) is 0 Å². The molecule has 3 amide bonds. The summed E-state index contributed by atoms with van der Waals surface area (Å²) in [4.78, 5) is 25.6. The first-order chi connectivity index (χ1) is 10.5. The molecule has 1 fully saturated rings. The van der Waals surface area contributed by atoms with E-state index in [0.717, 1.165) is 30.6 Å². The van der Waals surface area contributed by atoms with Crippen LogP contribution in [-0.2, 0) is 4.79 Å². The molecule has 1 aromatic carbocycles. The zero-order valence-corrected chi connectivity index (χ0v) is 13.1. The third kappa shape index (κ3) is 3.98. The highest BCUT2D eigenvalue weighted by molar-refractivity contribution is 5.79. The molecule has 1 heterocycles. The maximum Gasteiger partial charge on any atom is 0.312 e. The van der Waals surface area contributed by atoms with Gasteiger partial charge in [-0.25, -0.2) is 4.79 Å². The molecule has 0 spiro atoms. The van der Waals surface area contributed by atoms with Crippen LogP contribution in [0.25, 0.3) is 0 Å².